The molecular weight excluding hydrogens is 405 g/mol. The van der Waals surface area contributed by atoms with Crippen molar-refractivity contribution in [3.8, 4) is 5.88 Å². The van der Waals surface area contributed by atoms with Crippen molar-refractivity contribution < 1.29 is 26.3 Å². The Labute approximate surface area is 159 Å². The van der Waals surface area contributed by atoms with Gasteiger partial charge in [-0.15, -0.1) is 0 Å². The predicted molar refractivity (Wildman–Crippen MR) is 93.9 cm³/mol. The first-order valence-corrected chi connectivity index (χ1v) is 10.0. The molecule has 1 aliphatic rings. The number of nitrogens with zero attached hydrogens (tertiary/aromatic N) is 2. The van der Waals surface area contributed by atoms with Gasteiger partial charge in [0.05, 0.1) is 17.9 Å². The lowest BCUT2D eigenvalue weighted by Crippen LogP contribution is -2.32. The van der Waals surface area contributed by atoms with Gasteiger partial charge in [0.2, 0.25) is 15.9 Å². The Hall–Kier alpha value is -1.84. The Kier molecular flexibility index (Phi) is 5.64. The molecule has 3 rings (SSSR count). The van der Waals surface area contributed by atoms with Crippen LogP contribution in [0.25, 0.3) is 0 Å². The SMILES string of the molecule is O=S(=O)(Cc1ccc(Cl)cc1)N1CCC(Oc2cc(C(F)(F)F)ccn2)C1. The third-order valence-corrected chi connectivity index (χ3v) is 6.18. The van der Waals surface area contributed by atoms with Crippen LogP contribution in [-0.2, 0) is 22.0 Å². The maximum Gasteiger partial charge on any atom is 0.416 e. The molecule has 0 saturated carbocycles. The van der Waals surface area contributed by atoms with E-state index in [-0.39, 0.29) is 24.7 Å². The number of sulfonamides is 1. The minimum Gasteiger partial charge on any atom is -0.473 e. The van der Waals surface area contributed by atoms with Crippen LogP contribution in [0.5, 0.6) is 5.88 Å². The van der Waals surface area contributed by atoms with Gasteiger partial charge < -0.3 is 4.74 Å². The van der Waals surface area contributed by atoms with Gasteiger partial charge in [0.25, 0.3) is 0 Å². The Balaban J connectivity index is 1.63. The van der Waals surface area contributed by atoms with E-state index in [0.29, 0.717) is 17.0 Å². The fourth-order valence-electron chi connectivity index (χ4n) is 2.75. The Morgan fingerprint density at radius 1 is 1.22 bits per heavy atom. The number of pyridine rings is 1. The minimum atomic E-state index is -4.50. The molecule has 1 unspecified atom stereocenters. The van der Waals surface area contributed by atoms with Crippen molar-refractivity contribution in [2.45, 2.75) is 24.5 Å². The summed E-state index contributed by atoms with van der Waals surface area (Å²) >= 11 is 5.79. The van der Waals surface area contributed by atoms with E-state index in [1.54, 1.807) is 24.3 Å². The number of halogens is 4. The Bertz CT molecular complexity index is 904. The third kappa shape index (κ3) is 5.12. The lowest BCUT2D eigenvalue weighted by molar-refractivity contribution is -0.137. The molecule has 0 N–H and O–H groups in total. The number of hydrogen-bond donors (Lipinski definition) is 0. The Morgan fingerprint density at radius 2 is 1.93 bits per heavy atom. The summed E-state index contributed by atoms with van der Waals surface area (Å²) in [5.41, 5.74) is -0.263. The van der Waals surface area contributed by atoms with Gasteiger partial charge >= 0.3 is 6.18 Å². The first-order chi connectivity index (χ1) is 12.6. The number of hydrogen-bond acceptors (Lipinski definition) is 4. The van der Waals surface area contributed by atoms with E-state index in [9.17, 15) is 21.6 Å². The summed E-state index contributed by atoms with van der Waals surface area (Å²) in [6.07, 6.45) is -3.66. The van der Waals surface area contributed by atoms with Crippen LogP contribution in [0.15, 0.2) is 42.6 Å². The molecule has 27 heavy (non-hydrogen) atoms. The summed E-state index contributed by atoms with van der Waals surface area (Å²) in [5, 5.41) is 0.513. The zero-order valence-electron chi connectivity index (χ0n) is 14.0. The molecule has 5 nitrogen and oxygen atoms in total. The van der Waals surface area contributed by atoms with Gasteiger partial charge in [0, 0.05) is 23.8 Å². The molecule has 0 amide bonds. The van der Waals surface area contributed by atoms with E-state index in [0.717, 1.165) is 18.3 Å². The highest BCUT2D eigenvalue weighted by molar-refractivity contribution is 7.88. The number of aromatic nitrogens is 1. The second-order valence-corrected chi connectivity index (χ2v) is 8.56. The fourth-order valence-corrected chi connectivity index (χ4v) is 4.45. The summed E-state index contributed by atoms with van der Waals surface area (Å²) in [6, 6.07) is 8.16. The monoisotopic (exact) mass is 420 g/mol. The maximum atomic E-state index is 12.8. The number of alkyl halides is 3. The van der Waals surface area contributed by atoms with Crippen molar-refractivity contribution >= 4 is 21.6 Å². The van der Waals surface area contributed by atoms with E-state index in [1.165, 1.54) is 4.31 Å². The van der Waals surface area contributed by atoms with Crippen LogP contribution in [0, 0.1) is 0 Å². The molecule has 1 aliphatic heterocycles. The molecule has 1 aromatic carbocycles. The summed E-state index contributed by atoms with van der Waals surface area (Å²) in [7, 11) is -3.57. The standard InChI is InChI=1S/C17H16ClF3N2O3S/c18-14-3-1-12(2-4-14)11-27(24,25)23-8-6-15(10-23)26-16-9-13(5-7-22-16)17(19,20)21/h1-5,7,9,15H,6,8,10-11H2. The van der Waals surface area contributed by atoms with Crippen molar-refractivity contribution in [3.63, 3.8) is 0 Å². The first-order valence-electron chi connectivity index (χ1n) is 8.06. The lowest BCUT2D eigenvalue weighted by Gasteiger charge is -2.17. The molecule has 2 aromatic rings. The molecule has 1 saturated heterocycles. The van der Waals surface area contributed by atoms with E-state index >= 15 is 0 Å². The van der Waals surface area contributed by atoms with Crippen molar-refractivity contribution in [3.05, 3.63) is 58.7 Å². The van der Waals surface area contributed by atoms with Crippen molar-refractivity contribution in [1.82, 2.24) is 9.29 Å². The van der Waals surface area contributed by atoms with Gasteiger partial charge in [0.15, 0.2) is 0 Å². The summed E-state index contributed by atoms with van der Waals surface area (Å²) in [5.74, 6) is -0.356. The smallest absolute Gasteiger partial charge is 0.416 e. The van der Waals surface area contributed by atoms with Crippen LogP contribution in [-0.4, -0.2) is 36.9 Å². The number of ether oxygens (including phenoxy) is 1. The average molecular weight is 421 g/mol. The van der Waals surface area contributed by atoms with E-state index in [1.807, 2.05) is 0 Å². The zero-order valence-corrected chi connectivity index (χ0v) is 15.6. The van der Waals surface area contributed by atoms with Crippen LogP contribution in [0.1, 0.15) is 17.5 Å². The van der Waals surface area contributed by atoms with Crippen molar-refractivity contribution in [1.29, 1.82) is 0 Å². The van der Waals surface area contributed by atoms with Gasteiger partial charge in [-0.2, -0.15) is 17.5 Å². The van der Waals surface area contributed by atoms with Crippen LogP contribution < -0.4 is 4.74 Å². The summed E-state index contributed by atoms with van der Waals surface area (Å²) in [6.45, 7) is 0.299. The largest absolute Gasteiger partial charge is 0.473 e. The molecule has 0 aliphatic carbocycles. The molecule has 0 radical (unpaired) electrons. The third-order valence-electron chi connectivity index (χ3n) is 4.11. The molecule has 1 fully saturated rings. The average Bonchev–Trinajstić information content (AvgIpc) is 3.06. The lowest BCUT2D eigenvalue weighted by atomic mass is 10.2. The molecule has 2 heterocycles. The van der Waals surface area contributed by atoms with Gasteiger partial charge in [-0.3, -0.25) is 0 Å². The molecule has 146 valence electrons. The number of rotatable bonds is 5. The minimum absolute atomic E-state index is 0.0633. The summed E-state index contributed by atoms with van der Waals surface area (Å²) in [4.78, 5) is 3.78. The quantitative estimate of drug-likeness (QED) is 0.739. The molecule has 10 heteroatoms. The van der Waals surface area contributed by atoms with Crippen molar-refractivity contribution in [2.24, 2.45) is 0 Å². The molecule has 0 bridgehead atoms. The van der Waals surface area contributed by atoms with Crippen molar-refractivity contribution in [2.75, 3.05) is 13.1 Å². The second-order valence-electron chi connectivity index (χ2n) is 6.15. The van der Waals surface area contributed by atoms with Gasteiger partial charge in [-0.05, 0) is 30.2 Å². The van der Waals surface area contributed by atoms with Crippen LogP contribution in [0.4, 0.5) is 13.2 Å². The second kappa shape index (κ2) is 7.65. The molecule has 1 aromatic heterocycles. The zero-order chi connectivity index (χ0) is 19.7. The molecule has 1 atom stereocenters. The van der Waals surface area contributed by atoms with E-state index in [2.05, 4.69) is 4.98 Å². The normalized spacial score (nSPS) is 18.6. The van der Waals surface area contributed by atoms with Crippen LogP contribution in [0.2, 0.25) is 5.02 Å². The van der Waals surface area contributed by atoms with Crippen LogP contribution in [0.3, 0.4) is 0 Å². The number of benzene rings is 1. The van der Waals surface area contributed by atoms with E-state index < -0.39 is 27.9 Å². The highest BCUT2D eigenvalue weighted by atomic mass is 35.5. The predicted octanol–water partition coefficient (Wildman–Crippen LogP) is 3.74. The molecule has 0 spiro atoms. The van der Waals surface area contributed by atoms with Gasteiger partial charge in [0.1, 0.15) is 6.10 Å². The first kappa shape index (κ1) is 19.9. The van der Waals surface area contributed by atoms with Crippen LogP contribution >= 0.6 is 11.6 Å². The van der Waals surface area contributed by atoms with Gasteiger partial charge in [-0.1, -0.05) is 23.7 Å². The maximum absolute atomic E-state index is 12.8. The fraction of sp³-hybridized carbons (Fsp3) is 0.353. The Morgan fingerprint density at radius 3 is 2.59 bits per heavy atom. The highest BCUT2D eigenvalue weighted by Gasteiger charge is 2.34. The summed E-state index contributed by atoms with van der Waals surface area (Å²) < 4.78 is 70.1. The topological polar surface area (TPSA) is 59.5 Å². The van der Waals surface area contributed by atoms with Gasteiger partial charge in [-0.25, -0.2) is 13.4 Å². The van der Waals surface area contributed by atoms with E-state index in [4.69, 9.17) is 16.3 Å². The highest BCUT2D eigenvalue weighted by Crippen LogP contribution is 2.31. The molecular formula is C17H16ClF3N2O3S.